The molecule has 0 spiro atoms. The maximum absolute atomic E-state index is 11.8. The Morgan fingerprint density at radius 1 is 1.28 bits per heavy atom. The molecule has 1 aromatic rings. The lowest BCUT2D eigenvalue weighted by Gasteiger charge is -2.43. The van der Waals surface area contributed by atoms with Gasteiger partial charge in [-0.2, -0.15) is 5.26 Å². The number of aromatic nitrogens is 1. The third-order valence-corrected chi connectivity index (χ3v) is 5.74. The summed E-state index contributed by atoms with van der Waals surface area (Å²) in [6, 6.07) is 2.37. The van der Waals surface area contributed by atoms with E-state index < -0.39 is 47.7 Å². The van der Waals surface area contributed by atoms with E-state index in [-0.39, 0.29) is 12.3 Å². The highest BCUT2D eigenvalue weighted by Crippen LogP contribution is 2.38. The molecule has 0 saturated carbocycles. The van der Waals surface area contributed by atoms with E-state index in [0.29, 0.717) is 9.37 Å². The van der Waals surface area contributed by atoms with Crippen molar-refractivity contribution < 1.29 is 33.3 Å². The van der Waals surface area contributed by atoms with Crippen molar-refractivity contribution in [1.82, 2.24) is 4.98 Å². The molecule has 0 N–H and O–H groups in total. The highest BCUT2D eigenvalue weighted by atomic mass is 79.9. The minimum absolute atomic E-state index is 0.171. The Kier molecular flexibility index (Phi) is 9.27. The number of hydrogen-bond acceptors (Lipinski definition) is 11. The Labute approximate surface area is 195 Å². The molecule has 0 aromatic carbocycles. The topological polar surface area (TPSA) is 174 Å². The van der Waals surface area contributed by atoms with Crippen molar-refractivity contribution in [2.24, 2.45) is 5.11 Å². The van der Waals surface area contributed by atoms with Crippen LogP contribution in [0, 0.1) is 11.3 Å². The smallest absolute Gasteiger partial charge is 0.303 e. The van der Waals surface area contributed by atoms with Gasteiger partial charge in [-0.1, -0.05) is 16.9 Å². The molecule has 2 heterocycles. The van der Waals surface area contributed by atoms with Gasteiger partial charge in [-0.15, -0.1) is 0 Å². The normalized spacial score (nSPS) is 24.4. The van der Waals surface area contributed by atoms with E-state index >= 15 is 0 Å². The van der Waals surface area contributed by atoms with Crippen molar-refractivity contribution in [3.8, 4) is 6.07 Å². The quantitative estimate of drug-likeness (QED) is 0.168. The number of halogens is 1. The molecule has 1 aliphatic rings. The van der Waals surface area contributed by atoms with E-state index in [9.17, 15) is 14.4 Å². The monoisotopic (exact) mass is 527 g/mol. The van der Waals surface area contributed by atoms with Crippen LogP contribution in [-0.4, -0.2) is 59.3 Å². The average molecular weight is 528 g/mol. The van der Waals surface area contributed by atoms with Gasteiger partial charge in [0.15, 0.2) is 5.69 Å². The van der Waals surface area contributed by atoms with Gasteiger partial charge in [0.2, 0.25) is 0 Å². The van der Waals surface area contributed by atoms with Crippen LogP contribution in [0.5, 0.6) is 0 Å². The van der Waals surface area contributed by atoms with Crippen LogP contribution in [0.2, 0.25) is 0 Å². The van der Waals surface area contributed by atoms with Crippen LogP contribution in [0.4, 0.5) is 0 Å². The highest BCUT2D eigenvalue weighted by molar-refractivity contribution is 9.10. The van der Waals surface area contributed by atoms with Crippen molar-refractivity contribution in [3.63, 3.8) is 0 Å². The van der Waals surface area contributed by atoms with Crippen molar-refractivity contribution >= 4 is 45.6 Å². The zero-order valence-electron chi connectivity index (χ0n) is 17.1. The van der Waals surface area contributed by atoms with Crippen LogP contribution >= 0.6 is 27.7 Å². The number of carbonyl (C=O) groups is 3. The van der Waals surface area contributed by atoms with Gasteiger partial charge in [0.05, 0.1) is 4.47 Å². The Balaban J connectivity index is 2.46. The van der Waals surface area contributed by atoms with Gasteiger partial charge >= 0.3 is 17.9 Å². The van der Waals surface area contributed by atoms with E-state index in [2.05, 4.69) is 30.9 Å². The number of nitrogens with zero attached hydrogens (tertiary/aromatic N) is 5. The molecule has 1 fully saturated rings. The molecule has 1 aromatic heterocycles. The number of rotatable bonds is 7. The maximum Gasteiger partial charge on any atom is 0.303 e. The van der Waals surface area contributed by atoms with Gasteiger partial charge in [0.1, 0.15) is 42.5 Å². The molecule has 0 bridgehead atoms. The summed E-state index contributed by atoms with van der Waals surface area (Å²) in [6.45, 7) is 3.21. The molecule has 12 nitrogen and oxygen atoms in total. The standard InChI is InChI=1S/C18H18BrN5O7S/c1-8(25)28-7-14-16(29-9(2)26)15(23-24-21)17(30-10(3)27)18(31-14)32-11-4-12(19)13(5-20)22-6-11/h4,6,14-18H,7H2,1-3H3/t14-,15+,16+,17-,18-/m1/s1. The summed E-state index contributed by atoms with van der Waals surface area (Å²) < 4.78 is 22.1. The number of thioether (sulfide) groups is 1. The lowest BCUT2D eigenvalue weighted by Crippen LogP contribution is -2.59. The van der Waals surface area contributed by atoms with Crippen molar-refractivity contribution in [2.45, 2.75) is 55.5 Å². The number of azide groups is 1. The van der Waals surface area contributed by atoms with Gasteiger partial charge in [-0.25, -0.2) is 4.98 Å². The summed E-state index contributed by atoms with van der Waals surface area (Å²) in [5, 5.41) is 12.7. The zero-order valence-corrected chi connectivity index (χ0v) is 19.5. The predicted molar refractivity (Wildman–Crippen MR) is 112 cm³/mol. The van der Waals surface area contributed by atoms with Gasteiger partial charge in [0, 0.05) is 36.8 Å². The molecule has 0 radical (unpaired) electrons. The first-order valence-corrected chi connectivity index (χ1v) is 10.7. The number of esters is 3. The van der Waals surface area contributed by atoms with Gasteiger partial charge < -0.3 is 18.9 Å². The molecule has 170 valence electrons. The molecule has 0 unspecified atom stereocenters. The molecule has 0 amide bonds. The Hall–Kier alpha value is -2.85. The minimum atomic E-state index is -1.19. The van der Waals surface area contributed by atoms with Crippen LogP contribution < -0.4 is 0 Å². The summed E-state index contributed by atoms with van der Waals surface area (Å²) in [5.74, 6) is -1.97. The third-order valence-electron chi connectivity index (χ3n) is 4.03. The first-order valence-electron chi connectivity index (χ1n) is 9.06. The number of nitriles is 1. The molecular weight excluding hydrogens is 510 g/mol. The molecule has 14 heteroatoms. The molecule has 1 aliphatic heterocycles. The lowest BCUT2D eigenvalue weighted by atomic mass is 9.97. The molecule has 2 rings (SSSR count). The Bertz CT molecular complexity index is 981. The van der Waals surface area contributed by atoms with Gasteiger partial charge in [0.25, 0.3) is 0 Å². The van der Waals surface area contributed by atoms with Crippen LogP contribution in [0.15, 0.2) is 26.7 Å². The molecule has 5 atom stereocenters. The number of ether oxygens (including phenoxy) is 4. The first kappa shape index (κ1) is 25.4. The summed E-state index contributed by atoms with van der Waals surface area (Å²) >= 11 is 4.32. The predicted octanol–water partition coefficient (Wildman–Crippen LogP) is 2.64. The summed E-state index contributed by atoms with van der Waals surface area (Å²) in [5.41, 5.74) is 8.31. The molecular formula is C18H18BrN5O7S. The average Bonchev–Trinajstić information content (AvgIpc) is 2.70. The summed E-state index contributed by atoms with van der Waals surface area (Å²) in [4.78, 5) is 42.1. The van der Waals surface area contributed by atoms with Crippen LogP contribution in [0.25, 0.3) is 10.4 Å². The number of hydrogen-bond donors (Lipinski definition) is 0. The second-order valence-electron chi connectivity index (χ2n) is 6.42. The number of pyridine rings is 1. The Morgan fingerprint density at radius 2 is 1.94 bits per heavy atom. The SMILES string of the molecule is CC(=O)OC[C@H]1O[C@H](Sc2cnc(C#N)c(Br)c2)[C@H](OC(C)=O)[C@@H](N=[N+]=[N-])[C@H]1OC(C)=O. The molecule has 0 aliphatic carbocycles. The minimum Gasteiger partial charge on any atom is -0.463 e. The molecule has 32 heavy (non-hydrogen) atoms. The highest BCUT2D eigenvalue weighted by Gasteiger charge is 2.50. The van der Waals surface area contributed by atoms with Crippen molar-refractivity contribution in [3.05, 3.63) is 32.9 Å². The zero-order chi connectivity index (χ0) is 23.8. The number of carbonyl (C=O) groups excluding carboxylic acids is 3. The second kappa shape index (κ2) is 11.7. The van der Waals surface area contributed by atoms with E-state index in [0.717, 1.165) is 18.7 Å². The van der Waals surface area contributed by atoms with E-state index in [4.69, 9.17) is 29.7 Å². The van der Waals surface area contributed by atoms with Crippen LogP contribution in [0.1, 0.15) is 26.5 Å². The third kappa shape index (κ3) is 6.83. The fourth-order valence-electron chi connectivity index (χ4n) is 2.87. The first-order chi connectivity index (χ1) is 15.2. The van der Waals surface area contributed by atoms with Crippen LogP contribution in [0.3, 0.4) is 0 Å². The fraction of sp³-hybridized carbons (Fsp3) is 0.500. The fourth-order valence-corrected chi connectivity index (χ4v) is 4.58. The van der Waals surface area contributed by atoms with Gasteiger partial charge in [-0.3, -0.25) is 14.4 Å². The van der Waals surface area contributed by atoms with Crippen LogP contribution in [-0.2, 0) is 33.3 Å². The second-order valence-corrected chi connectivity index (χ2v) is 8.45. The van der Waals surface area contributed by atoms with Gasteiger partial charge in [-0.05, 0) is 27.5 Å². The Morgan fingerprint density at radius 3 is 2.47 bits per heavy atom. The van der Waals surface area contributed by atoms with E-state index in [1.807, 2.05) is 6.07 Å². The van der Waals surface area contributed by atoms with Crippen molar-refractivity contribution in [2.75, 3.05) is 6.61 Å². The summed E-state index contributed by atoms with van der Waals surface area (Å²) in [7, 11) is 0. The summed E-state index contributed by atoms with van der Waals surface area (Å²) in [6.07, 6.45) is -1.93. The maximum atomic E-state index is 11.8. The van der Waals surface area contributed by atoms with E-state index in [1.165, 1.54) is 20.0 Å². The van der Waals surface area contributed by atoms with Crippen molar-refractivity contribution in [1.29, 1.82) is 5.26 Å². The molecule has 1 saturated heterocycles. The lowest BCUT2D eigenvalue weighted by molar-refractivity contribution is -0.201. The van der Waals surface area contributed by atoms with E-state index in [1.54, 1.807) is 6.07 Å². The largest absolute Gasteiger partial charge is 0.463 e.